The molecule has 0 fully saturated rings. The second kappa shape index (κ2) is 14.3. The molecule has 0 radical (unpaired) electrons. The molecule has 0 amide bonds. The van der Waals surface area contributed by atoms with Crippen molar-refractivity contribution < 1.29 is 28.1 Å². The van der Waals surface area contributed by atoms with Crippen molar-refractivity contribution in [1.29, 1.82) is 0 Å². The Morgan fingerprint density at radius 2 is 1.61 bits per heavy atom. The number of nitrogens with one attached hydrogen (secondary N) is 2. The Bertz CT molecular complexity index is 1780. The van der Waals surface area contributed by atoms with Gasteiger partial charge in [-0.05, 0) is 65.6 Å². The SMILES string of the molecule is CS(=O)(=O)Nc1cc([C@@H](O)CN[C@H](CO)Cc2ccc(Oc3ccnc4ccccc34)cc2)ccc1OCc1ccccc1. The Morgan fingerprint density at radius 1 is 0.864 bits per heavy atom. The number of hydrogen-bond donors (Lipinski definition) is 4. The number of ether oxygens (including phenoxy) is 2. The van der Waals surface area contributed by atoms with Crippen LogP contribution in [0.3, 0.4) is 0 Å². The lowest BCUT2D eigenvalue weighted by atomic mass is 10.0. The van der Waals surface area contributed by atoms with Gasteiger partial charge in [-0.25, -0.2) is 8.42 Å². The number of pyridine rings is 1. The highest BCUT2D eigenvalue weighted by Crippen LogP contribution is 2.31. The number of aliphatic hydroxyl groups is 2. The third-order valence-electron chi connectivity index (χ3n) is 6.98. The molecule has 228 valence electrons. The molecule has 44 heavy (non-hydrogen) atoms. The van der Waals surface area contributed by atoms with Crippen LogP contribution in [0.2, 0.25) is 0 Å². The maximum atomic E-state index is 12.0. The Morgan fingerprint density at radius 3 is 2.36 bits per heavy atom. The van der Waals surface area contributed by atoms with Gasteiger partial charge in [-0.1, -0.05) is 60.7 Å². The number of benzene rings is 4. The summed E-state index contributed by atoms with van der Waals surface area (Å²) in [6.45, 7) is 0.264. The third kappa shape index (κ3) is 8.55. The fraction of sp³-hybridized carbons (Fsp3) is 0.206. The van der Waals surface area contributed by atoms with Crippen LogP contribution in [0, 0.1) is 0 Å². The summed E-state index contributed by atoms with van der Waals surface area (Å²) in [5, 5.41) is 25.1. The molecule has 0 bridgehead atoms. The molecule has 5 aromatic rings. The minimum Gasteiger partial charge on any atom is -0.487 e. The lowest BCUT2D eigenvalue weighted by Crippen LogP contribution is -2.37. The highest BCUT2D eigenvalue weighted by Gasteiger charge is 2.17. The van der Waals surface area contributed by atoms with E-state index < -0.39 is 16.1 Å². The molecular weight excluding hydrogens is 578 g/mol. The number of fused-ring (bicyclic) bond motifs is 1. The van der Waals surface area contributed by atoms with Gasteiger partial charge in [0.25, 0.3) is 0 Å². The Balaban J connectivity index is 1.19. The predicted octanol–water partition coefficient (Wildman–Crippen LogP) is 5.20. The lowest BCUT2D eigenvalue weighted by molar-refractivity contribution is 0.158. The van der Waals surface area contributed by atoms with E-state index in [-0.39, 0.29) is 31.5 Å². The predicted molar refractivity (Wildman–Crippen MR) is 171 cm³/mol. The topological polar surface area (TPSA) is 130 Å². The average molecular weight is 614 g/mol. The number of aromatic nitrogens is 1. The van der Waals surface area contributed by atoms with Crippen molar-refractivity contribution in [2.75, 3.05) is 24.1 Å². The summed E-state index contributed by atoms with van der Waals surface area (Å²) in [5.74, 6) is 1.75. The van der Waals surface area contributed by atoms with Crippen molar-refractivity contribution in [2.45, 2.75) is 25.2 Å². The van der Waals surface area contributed by atoms with Crippen LogP contribution in [0.25, 0.3) is 10.9 Å². The minimum absolute atomic E-state index is 0.138. The summed E-state index contributed by atoms with van der Waals surface area (Å²) in [6.07, 6.45) is 2.34. The molecule has 0 aliphatic heterocycles. The van der Waals surface area contributed by atoms with E-state index in [1.54, 1.807) is 24.4 Å². The van der Waals surface area contributed by atoms with E-state index in [9.17, 15) is 18.6 Å². The van der Waals surface area contributed by atoms with Gasteiger partial charge in [0.15, 0.2) is 0 Å². The van der Waals surface area contributed by atoms with E-state index in [0.29, 0.717) is 23.5 Å². The van der Waals surface area contributed by atoms with Crippen molar-refractivity contribution in [3.63, 3.8) is 0 Å². The third-order valence-corrected chi connectivity index (χ3v) is 7.57. The smallest absolute Gasteiger partial charge is 0.229 e. The Labute approximate surface area is 257 Å². The van der Waals surface area contributed by atoms with E-state index in [1.165, 1.54) is 0 Å². The first-order chi connectivity index (χ1) is 21.3. The van der Waals surface area contributed by atoms with Crippen LogP contribution in [-0.2, 0) is 23.1 Å². The van der Waals surface area contributed by atoms with Gasteiger partial charge in [-0.15, -0.1) is 0 Å². The van der Waals surface area contributed by atoms with Gasteiger partial charge >= 0.3 is 0 Å². The summed E-state index contributed by atoms with van der Waals surface area (Å²) < 4.78 is 38.5. The zero-order valence-electron chi connectivity index (χ0n) is 24.3. The van der Waals surface area contributed by atoms with Crippen LogP contribution >= 0.6 is 0 Å². The van der Waals surface area contributed by atoms with Gasteiger partial charge in [0.05, 0.1) is 30.2 Å². The molecule has 5 rings (SSSR count). The largest absolute Gasteiger partial charge is 0.487 e. The highest BCUT2D eigenvalue weighted by atomic mass is 32.2. The monoisotopic (exact) mass is 613 g/mol. The number of aliphatic hydroxyl groups excluding tert-OH is 2. The van der Waals surface area contributed by atoms with Crippen LogP contribution in [0.5, 0.6) is 17.2 Å². The number of para-hydroxylation sites is 1. The van der Waals surface area contributed by atoms with Crippen molar-refractivity contribution in [2.24, 2.45) is 0 Å². The van der Waals surface area contributed by atoms with Gasteiger partial charge in [0.2, 0.25) is 10.0 Å². The zero-order chi connectivity index (χ0) is 30.9. The van der Waals surface area contributed by atoms with Gasteiger partial charge in [0.1, 0.15) is 23.9 Å². The normalized spacial score (nSPS) is 12.9. The van der Waals surface area contributed by atoms with Crippen LogP contribution in [0.15, 0.2) is 109 Å². The molecule has 0 spiro atoms. The molecule has 1 heterocycles. The molecule has 0 aliphatic rings. The quantitative estimate of drug-likeness (QED) is 0.134. The molecule has 1 aromatic heterocycles. The van der Waals surface area contributed by atoms with Crippen LogP contribution in [-0.4, -0.2) is 49.1 Å². The zero-order valence-corrected chi connectivity index (χ0v) is 25.1. The van der Waals surface area contributed by atoms with Crippen molar-refractivity contribution >= 4 is 26.6 Å². The van der Waals surface area contributed by atoms with Gasteiger partial charge < -0.3 is 25.0 Å². The van der Waals surface area contributed by atoms with E-state index >= 15 is 0 Å². The lowest BCUT2D eigenvalue weighted by Gasteiger charge is -2.21. The molecule has 4 aromatic carbocycles. The number of hydrogen-bond acceptors (Lipinski definition) is 8. The number of sulfonamides is 1. The molecule has 9 nitrogen and oxygen atoms in total. The molecule has 0 aliphatic carbocycles. The van der Waals surface area contributed by atoms with Crippen LogP contribution in [0.1, 0.15) is 22.8 Å². The first kappa shape index (κ1) is 31.0. The van der Waals surface area contributed by atoms with Crippen molar-refractivity contribution in [3.8, 4) is 17.2 Å². The second-order valence-corrected chi connectivity index (χ2v) is 12.2. The molecule has 0 unspecified atom stereocenters. The van der Waals surface area contributed by atoms with Crippen molar-refractivity contribution in [3.05, 3.63) is 126 Å². The van der Waals surface area contributed by atoms with Gasteiger partial charge in [0, 0.05) is 24.2 Å². The first-order valence-electron chi connectivity index (χ1n) is 14.2. The molecule has 10 heteroatoms. The molecule has 0 saturated carbocycles. The van der Waals surface area contributed by atoms with Gasteiger partial charge in [-0.3, -0.25) is 9.71 Å². The van der Waals surface area contributed by atoms with E-state index in [1.807, 2.05) is 84.9 Å². The van der Waals surface area contributed by atoms with Crippen LogP contribution in [0.4, 0.5) is 5.69 Å². The maximum Gasteiger partial charge on any atom is 0.229 e. The van der Waals surface area contributed by atoms with E-state index in [4.69, 9.17) is 9.47 Å². The Hall–Kier alpha value is -4.48. The standard InChI is InChI=1S/C34H35N3O6S/c1-44(40,41)37-31-20-26(13-16-34(31)42-23-25-7-3-2-4-8-25)32(39)21-36-27(22-38)19-24-11-14-28(15-12-24)43-33-17-18-35-30-10-6-5-9-29(30)33/h2-18,20,27,32,36-39H,19,21-23H2,1H3/t27-,32-/m0/s1. The van der Waals surface area contributed by atoms with Crippen molar-refractivity contribution in [1.82, 2.24) is 10.3 Å². The highest BCUT2D eigenvalue weighted by molar-refractivity contribution is 7.92. The van der Waals surface area contributed by atoms with E-state index in [0.717, 1.165) is 34.0 Å². The fourth-order valence-electron chi connectivity index (χ4n) is 4.76. The fourth-order valence-corrected chi connectivity index (χ4v) is 5.32. The van der Waals surface area contributed by atoms with Crippen LogP contribution < -0.4 is 19.5 Å². The minimum atomic E-state index is -3.59. The summed E-state index contributed by atoms with van der Waals surface area (Å²) in [6, 6.07) is 31.4. The average Bonchev–Trinajstić information content (AvgIpc) is 3.03. The number of nitrogens with zero attached hydrogens (tertiary/aromatic N) is 1. The second-order valence-electron chi connectivity index (χ2n) is 10.5. The number of anilines is 1. The summed E-state index contributed by atoms with van der Waals surface area (Å²) in [5.41, 5.74) is 3.51. The number of rotatable bonds is 14. The molecule has 0 saturated heterocycles. The first-order valence-corrected chi connectivity index (χ1v) is 16.1. The molecule has 4 N–H and O–H groups in total. The molecular formula is C34H35N3O6S. The summed E-state index contributed by atoms with van der Waals surface area (Å²) in [4.78, 5) is 4.37. The Kier molecular flexibility index (Phi) is 10.1. The maximum absolute atomic E-state index is 12.0. The summed E-state index contributed by atoms with van der Waals surface area (Å²) >= 11 is 0. The summed E-state index contributed by atoms with van der Waals surface area (Å²) in [7, 11) is -3.59. The van der Waals surface area contributed by atoms with Gasteiger partial charge in [-0.2, -0.15) is 0 Å². The van der Waals surface area contributed by atoms with E-state index in [2.05, 4.69) is 15.0 Å². The molecule has 2 atom stereocenters.